The Labute approximate surface area is 185 Å². The number of hydrogen-bond acceptors (Lipinski definition) is 4. The number of rotatable bonds is 5. The molecule has 0 fully saturated rings. The van der Waals surface area contributed by atoms with Crippen molar-refractivity contribution >= 4 is 38.4 Å². The number of carbonyl (C=O) groups is 1. The van der Waals surface area contributed by atoms with E-state index in [4.69, 9.17) is 0 Å². The molecule has 8 heteroatoms. The van der Waals surface area contributed by atoms with E-state index in [0.29, 0.717) is 32.3 Å². The molecule has 1 amide bonds. The molecular weight excluding hydrogens is 463 g/mol. The number of hydrogen-bond donors (Lipinski definition) is 1. The number of anilines is 1. The molecule has 0 aliphatic rings. The number of pyridine rings is 1. The van der Waals surface area contributed by atoms with Gasteiger partial charge in [0.2, 0.25) is 5.91 Å². The number of fused-ring (bicyclic) bond motifs is 1. The van der Waals surface area contributed by atoms with Gasteiger partial charge in [0, 0.05) is 21.6 Å². The van der Waals surface area contributed by atoms with Crippen LogP contribution in [0.25, 0.3) is 10.8 Å². The van der Waals surface area contributed by atoms with Gasteiger partial charge in [0.15, 0.2) is 0 Å². The van der Waals surface area contributed by atoms with Gasteiger partial charge in [-0.25, -0.2) is 14.1 Å². The summed E-state index contributed by atoms with van der Waals surface area (Å²) in [6.45, 7) is 1.86. The molecule has 0 bridgehead atoms. The molecule has 0 spiro atoms. The number of halogens is 2. The molecule has 156 valence electrons. The number of amides is 1. The Morgan fingerprint density at radius 1 is 1.13 bits per heavy atom. The number of carbonyl (C=O) groups excluding carboxylic acids is 1. The van der Waals surface area contributed by atoms with Gasteiger partial charge in [-0.2, -0.15) is 5.10 Å². The number of aromatic nitrogens is 3. The molecule has 31 heavy (non-hydrogen) atoms. The zero-order valence-corrected chi connectivity index (χ0v) is 18.2. The third-order valence-electron chi connectivity index (χ3n) is 4.79. The van der Waals surface area contributed by atoms with Gasteiger partial charge in [0.05, 0.1) is 24.0 Å². The molecule has 0 unspecified atom stereocenters. The van der Waals surface area contributed by atoms with Crippen LogP contribution in [0.5, 0.6) is 0 Å². The molecule has 4 rings (SSSR count). The second kappa shape index (κ2) is 8.77. The highest BCUT2D eigenvalue weighted by molar-refractivity contribution is 9.10. The Morgan fingerprint density at radius 3 is 2.65 bits per heavy atom. The van der Waals surface area contributed by atoms with Gasteiger partial charge in [-0.05, 0) is 42.8 Å². The smallest absolute Gasteiger partial charge is 0.274 e. The van der Waals surface area contributed by atoms with Crippen LogP contribution in [-0.4, -0.2) is 20.7 Å². The van der Waals surface area contributed by atoms with E-state index >= 15 is 0 Å². The van der Waals surface area contributed by atoms with Crippen molar-refractivity contribution in [1.29, 1.82) is 0 Å². The van der Waals surface area contributed by atoms with Crippen LogP contribution in [0.1, 0.15) is 16.8 Å². The van der Waals surface area contributed by atoms with Gasteiger partial charge in [0.25, 0.3) is 5.56 Å². The standard InChI is InChI=1S/C23H18BrFN4O2/c1-14-8-9-26-21(10-14)27-22(30)12-20-17-4-2-3-5-18(17)23(31)29(28-20)13-15-6-7-16(24)11-19(15)25/h2-11H,12-13H2,1H3,(H,26,27,30). The topological polar surface area (TPSA) is 76.9 Å². The Balaban J connectivity index is 1.70. The highest BCUT2D eigenvalue weighted by atomic mass is 79.9. The van der Waals surface area contributed by atoms with Gasteiger partial charge in [-0.15, -0.1) is 0 Å². The third kappa shape index (κ3) is 4.69. The molecule has 0 aliphatic heterocycles. The minimum Gasteiger partial charge on any atom is -0.310 e. The van der Waals surface area contributed by atoms with Gasteiger partial charge >= 0.3 is 0 Å². The second-order valence-corrected chi connectivity index (χ2v) is 8.05. The zero-order valence-electron chi connectivity index (χ0n) is 16.6. The first kappa shape index (κ1) is 20.9. The average Bonchev–Trinajstić information content (AvgIpc) is 2.73. The summed E-state index contributed by atoms with van der Waals surface area (Å²) in [4.78, 5) is 29.7. The summed E-state index contributed by atoms with van der Waals surface area (Å²) in [5.41, 5.74) is 1.38. The van der Waals surface area contributed by atoms with E-state index in [0.717, 1.165) is 5.56 Å². The summed E-state index contributed by atoms with van der Waals surface area (Å²) in [5.74, 6) is -0.309. The third-order valence-corrected chi connectivity index (χ3v) is 5.28. The average molecular weight is 481 g/mol. The molecule has 0 atom stereocenters. The van der Waals surface area contributed by atoms with Crippen molar-refractivity contribution in [3.8, 4) is 0 Å². The first-order valence-corrected chi connectivity index (χ1v) is 10.3. The summed E-state index contributed by atoms with van der Waals surface area (Å²) in [7, 11) is 0. The number of aryl methyl sites for hydroxylation is 1. The van der Waals surface area contributed by atoms with Gasteiger partial charge in [-0.1, -0.05) is 40.2 Å². The highest BCUT2D eigenvalue weighted by Crippen LogP contribution is 2.18. The van der Waals surface area contributed by atoms with E-state index in [2.05, 4.69) is 31.3 Å². The highest BCUT2D eigenvalue weighted by Gasteiger charge is 2.15. The van der Waals surface area contributed by atoms with Crippen molar-refractivity contribution in [1.82, 2.24) is 14.8 Å². The lowest BCUT2D eigenvalue weighted by molar-refractivity contribution is -0.115. The van der Waals surface area contributed by atoms with E-state index in [-0.39, 0.29) is 24.4 Å². The molecule has 1 N–H and O–H groups in total. The molecular formula is C23H18BrFN4O2. The quantitative estimate of drug-likeness (QED) is 0.463. The molecule has 2 aromatic heterocycles. The Kier molecular flexibility index (Phi) is 5.90. The predicted molar refractivity (Wildman–Crippen MR) is 121 cm³/mol. The lowest BCUT2D eigenvalue weighted by Gasteiger charge is -2.12. The molecule has 2 heterocycles. The lowest BCUT2D eigenvalue weighted by atomic mass is 10.1. The zero-order chi connectivity index (χ0) is 22.0. The second-order valence-electron chi connectivity index (χ2n) is 7.13. The first-order valence-electron chi connectivity index (χ1n) is 9.56. The van der Waals surface area contributed by atoms with Gasteiger partial charge < -0.3 is 5.32 Å². The fraction of sp³-hybridized carbons (Fsp3) is 0.130. The maximum absolute atomic E-state index is 14.3. The Hall–Kier alpha value is -3.39. The predicted octanol–water partition coefficient (Wildman–Crippen LogP) is 4.23. The number of nitrogens with zero attached hydrogens (tertiary/aromatic N) is 3. The van der Waals surface area contributed by atoms with Crippen LogP contribution in [0.2, 0.25) is 0 Å². The van der Waals surface area contributed by atoms with Crippen molar-refractivity contribution < 1.29 is 9.18 Å². The summed E-state index contributed by atoms with van der Waals surface area (Å²) in [6.07, 6.45) is 1.56. The Morgan fingerprint density at radius 2 is 1.90 bits per heavy atom. The lowest BCUT2D eigenvalue weighted by Crippen LogP contribution is -2.27. The molecule has 0 radical (unpaired) electrons. The van der Waals surface area contributed by atoms with Crippen LogP contribution in [-0.2, 0) is 17.8 Å². The monoisotopic (exact) mass is 480 g/mol. The molecule has 6 nitrogen and oxygen atoms in total. The van der Waals surface area contributed by atoms with E-state index in [9.17, 15) is 14.0 Å². The maximum atomic E-state index is 14.3. The van der Waals surface area contributed by atoms with E-state index in [1.165, 1.54) is 10.7 Å². The van der Waals surface area contributed by atoms with Gasteiger partial charge in [0.1, 0.15) is 11.6 Å². The van der Waals surface area contributed by atoms with Crippen LogP contribution < -0.4 is 10.9 Å². The first-order chi connectivity index (χ1) is 14.9. The van der Waals surface area contributed by atoms with Gasteiger partial charge in [-0.3, -0.25) is 9.59 Å². The Bertz CT molecular complexity index is 1350. The fourth-order valence-electron chi connectivity index (χ4n) is 3.30. The SMILES string of the molecule is Cc1ccnc(NC(=O)Cc2nn(Cc3ccc(Br)cc3F)c(=O)c3ccccc23)c1. The van der Waals surface area contributed by atoms with Crippen LogP contribution in [0.15, 0.2) is 70.1 Å². The normalized spacial score (nSPS) is 10.9. The van der Waals surface area contributed by atoms with Crippen molar-refractivity contribution in [2.45, 2.75) is 19.9 Å². The largest absolute Gasteiger partial charge is 0.310 e. The fourth-order valence-corrected chi connectivity index (χ4v) is 3.63. The summed E-state index contributed by atoms with van der Waals surface area (Å²) < 4.78 is 16.1. The summed E-state index contributed by atoms with van der Waals surface area (Å²) in [5, 5.41) is 8.17. The minimum atomic E-state index is -0.443. The van der Waals surface area contributed by atoms with E-state index in [1.54, 1.807) is 48.7 Å². The van der Waals surface area contributed by atoms with Crippen molar-refractivity contribution in [3.05, 3.63) is 98.3 Å². The number of nitrogens with one attached hydrogen (secondary N) is 1. The number of benzene rings is 2. The molecule has 2 aromatic carbocycles. The molecule has 4 aromatic rings. The van der Waals surface area contributed by atoms with Crippen molar-refractivity contribution in [2.75, 3.05) is 5.32 Å². The van der Waals surface area contributed by atoms with E-state index in [1.807, 2.05) is 13.0 Å². The van der Waals surface area contributed by atoms with E-state index < -0.39 is 5.82 Å². The van der Waals surface area contributed by atoms with Crippen LogP contribution in [0, 0.1) is 12.7 Å². The molecule has 0 saturated carbocycles. The van der Waals surface area contributed by atoms with Crippen molar-refractivity contribution in [2.24, 2.45) is 0 Å². The molecule has 0 aliphatic carbocycles. The summed E-state index contributed by atoms with van der Waals surface area (Å²) in [6, 6.07) is 15.2. The minimum absolute atomic E-state index is 0.0448. The van der Waals surface area contributed by atoms with Crippen LogP contribution >= 0.6 is 15.9 Å². The molecule has 0 saturated heterocycles. The maximum Gasteiger partial charge on any atom is 0.274 e. The van der Waals surface area contributed by atoms with Crippen LogP contribution in [0.3, 0.4) is 0 Å². The van der Waals surface area contributed by atoms with Crippen molar-refractivity contribution in [3.63, 3.8) is 0 Å². The summed E-state index contributed by atoms with van der Waals surface area (Å²) >= 11 is 3.23. The van der Waals surface area contributed by atoms with Crippen LogP contribution in [0.4, 0.5) is 10.2 Å².